The zero-order valence-corrected chi connectivity index (χ0v) is 10.5. The molecule has 0 spiro atoms. The molecule has 0 radical (unpaired) electrons. The Morgan fingerprint density at radius 3 is 3.12 bits per heavy atom. The maximum absolute atomic E-state index is 9.38. The highest BCUT2D eigenvalue weighted by molar-refractivity contribution is 4.88. The van der Waals surface area contributed by atoms with E-state index in [4.69, 9.17) is 0 Å². The molecule has 1 aliphatic heterocycles. The Hall–Kier alpha value is -0.940. The summed E-state index contributed by atoms with van der Waals surface area (Å²) < 4.78 is 1.98. The average Bonchev–Trinajstić information content (AvgIpc) is 2.78. The van der Waals surface area contributed by atoms with Crippen LogP contribution in [0.1, 0.15) is 38.4 Å². The maximum atomic E-state index is 9.38. The van der Waals surface area contributed by atoms with Crippen molar-refractivity contribution in [2.24, 2.45) is 0 Å². The highest BCUT2D eigenvalue weighted by Crippen LogP contribution is 2.18. The van der Waals surface area contributed by atoms with Gasteiger partial charge in [0.15, 0.2) is 0 Å². The van der Waals surface area contributed by atoms with Gasteiger partial charge in [0.1, 0.15) is 12.2 Å². The monoisotopic (exact) mass is 238 g/mol. The van der Waals surface area contributed by atoms with Crippen LogP contribution >= 0.6 is 0 Å². The third-order valence-electron chi connectivity index (χ3n) is 3.44. The molecule has 1 fully saturated rings. The van der Waals surface area contributed by atoms with E-state index in [1.54, 1.807) is 6.33 Å². The van der Waals surface area contributed by atoms with Gasteiger partial charge in [-0.05, 0) is 25.8 Å². The summed E-state index contributed by atoms with van der Waals surface area (Å²) in [4.78, 5) is 6.66. The van der Waals surface area contributed by atoms with Gasteiger partial charge in [0.05, 0.1) is 13.2 Å². The second-order valence-electron chi connectivity index (χ2n) is 4.70. The lowest BCUT2D eigenvalue weighted by molar-refractivity contribution is 0.0806. The quantitative estimate of drug-likeness (QED) is 0.832. The first-order valence-corrected chi connectivity index (χ1v) is 6.56. The predicted molar refractivity (Wildman–Crippen MR) is 65.4 cm³/mol. The van der Waals surface area contributed by atoms with E-state index in [1.807, 2.05) is 4.68 Å². The molecule has 17 heavy (non-hydrogen) atoms. The van der Waals surface area contributed by atoms with E-state index in [-0.39, 0.29) is 6.61 Å². The van der Waals surface area contributed by atoms with Gasteiger partial charge in [-0.15, -0.1) is 0 Å². The molecule has 1 atom stereocenters. The van der Waals surface area contributed by atoms with Crippen molar-refractivity contribution >= 4 is 0 Å². The Balaban J connectivity index is 2.00. The summed E-state index contributed by atoms with van der Waals surface area (Å²) in [5, 5.41) is 13.6. The minimum atomic E-state index is 0.252. The lowest BCUT2D eigenvalue weighted by Gasteiger charge is -2.34. The molecule has 1 unspecified atom stereocenters. The van der Waals surface area contributed by atoms with Crippen LogP contribution in [-0.4, -0.2) is 44.0 Å². The number of aryl methyl sites for hydroxylation is 1. The normalized spacial score (nSPS) is 21.9. The highest BCUT2D eigenvalue weighted by atomic mass is 16.3. The molecule has 2 rings (SSSR count). The van der Waals surface area contributed by atoms with Gasteiger partial charge >= 0.3 is 0 Å². The number of aromatic nitrogens is 3. The molecule has 5 heteroatoms. The number of piperidine rings is 1. The molecule has 1 aliphatic rings. The summed E-state index contributed by atoms with van der Waals surface area (Å²) in [7, 11) is 0. The zero-order chi connectivity index (χ0) is 12.1. The van der Waals surface area contributed by atoms with Crippen LogP contribution in [-0.2, 0) is 13.1 Å². The lowest BCUT2D eigenvalue weighted by atomic mass is 10.0. The molecule has 1 N–H and O–H groups in total. The molecule has 96 valence electrons. The summed E-state index contributed by atoms with van der Waals surface area (Å²) >= 11 is 0. The first kappa shape index (κ1) is 12.5. The molecule has 1 aromatic heterocycles. The number of rotatable bonds is 5. The summed E-state index contributed by atoms with van der Waals surface area (Å²) in [6, 6.07) is 0.301. The van der Waals surface area contributed by atoms with Crippen molar-refractivity contribution in [3.63, 3.8) is 0 Å². The van der Waals surface area contributed by atoms with Crippen LogP contribution in [0.5, 0.6) is 0 Å². The Morgan fingerprint density at radius 1 is 1.47 bits per heavy atom. The Labute approximate surface area is 102 Å². The third kappa shape index (κ3) is 3.04. The Kier molecular flexibility index (Phi) is 4.50. The van der Waals surface area contributed by atoms with Crippen LogP contribution in [0.2, 0.25) is 0 Å². The number of hydrogen-bond donors (Lipinski definition) is 1. The van der Waals surface area contributed by atoms with Crippen LogP contribution in [0, 0.1) is 0 Å². The van der Waals surface area contributed by atoms with E-state index in [9.17, 15) is 5.11 Å². The fourth-order valence-electron chi connectivity index (χ4n) is 2.47. The summed E-state index contributed by atoms with van der Waals surface area (Å²) in [6.07, 6.45) is 6.24. The van der Waals surface area contributed by atoms with Gasteiger partial charge in [0.2, 0.25) is 0 Å². The maximum Gasteiger partial charge on any atom is 0.141 e. The molecule has 2 heterocycles. The molecule has 0 amide bonds. The fourth-order valence-corrected chi connectivity index (χ4v) is 2.47. The summed E-state index contributed by atoms with van der Waals surface area (Å²) in [6.45, 7) is 5.19. The zero-order valence-electron chi connectivity index (χ0n) is 10.5. The summed E-state index contributed by atoms with van der Waals surface area (Å²) in [5.41, 5.74) is 0. The number of aliphatic hydroxyl groups is 1. The van der Waals surface area contributed by atoms with Gasteiger partial charge in [0.25, 0.3) is 0 Å². The first-order valence-electron chi connectivity index (χ1n) is 6.56. The van der Waals surface area contributed by atoms with Crippen molar-refractivity contribution in [1.29, 1.82) is 0 Å². The van der Waals surface area contributed by atoms with E-state index in [0.717, 1.165) is 38.3 Å². The molecular weight excluding hydrogens is 216 g/mol. The van der Waals surface area contributed by atoms with Crippen LogP contribution in [0.4, 0.5) is 0 Å². The Bertz CT molecular complexity index is 339. The minimum absolute atomic E-state index is 0.252. The molecule has 0 aliphatic carbocycles. The topological polar surface area (TPSA) is 54.2 Å². The predicted octanol–water partition coefficient (Wildman–Crippen LogP) is 1.03. The molecule has 1 aromatic rings. The van der Waals surface area contributed by atoms with Crippen molar-refractivity contribution in [2.45, 2.75) is 51.7 Å². The lowest BCUT2D eigenvalue weighted by Crippen LogP contribution is -2.41. The van der Waals surface area contributed by atoms with E-state index >= 15 is 0 Å². The van der Waals surface area contributed by atoms with Crippen molar-refractivity contribution in [3.05, 3.63) is 12.2 Å². The highest BCUT2D eigenvalue weighted by Gasteiger charge is 2.23. The SMILES string of the molecule is CCCn1ncnc1CN1CCCCC1CO. The number of likely N-dealkylation sites (tertiary alicyclic amines) is 1. The number of hydrogen-bond acceptors (Lipinski definition) is 4. The van der Waals surface area contributed by atoms with E-state index in [2.05, 4.69) is 21.9 Å². The van der Waals surface area contributed by atoms with Crippen molar-refractivity contribution in [2.75, 3.05) is 13.2 Å². The van der Waals surface area contributed by atoms with Gasteiger partial charge in [0, 0.05) is 12.6 Å². The largest absolute Gasteiger partial charge is 0.395 e. The van der Waals surface area contributed by atoms with Crippen LogP contribution < -0.4 is 0 Å². The number of nitrogens with zero attached hydrogens (tertiary/aromatic N) is 4. The minimum Gasteiger partial charge on any atom is -0.395 e. The van der Waals surface area contributed by atoms with Crippen LogP contribution in [0.25, 0.3) is 0 Å². The van der Waals surface area contributed by atoms with Crippen LogP contribution in [0.3, 0.4) is 0 Å². The van der Waals surface area contributed by atoms with Gasteiger partial charge in [-0.3, -0.25) is 4.90 Å². The van der Waals surface area contributed by atoms with Crippen molar-refractivity contribution < 1.29 is 5.11 Å². The van der Waals surface area contributed by atoms with Gasteiger partial charge in [-0.1, -0.05) is 13.3 Å². The van der Waals surface area contributed by atoms with Gasteiger partial charge in [-0.2, -0.15) is 5.10 Å². The van der Waals surface area contributed by atoms with Crippen LogP contribution in [0.15, 0.2) is 6.33 Å². The molecule has 0 bridgehead atoms. The summed E-state index contributed by atoms with van der Waals surface area (Å²) in [5.74, 6) is 1.02. The van der Waals surface area contributed by atoms with Gasteiger partial charge < -0.3 is 5.11 Å². The molecule has 5 nitrogen and oxygen atoms in total. The van der Waals surface area contributed by atoms with E-state index in [1.165, 1.54) is 12.8 Å². The van der Waals surface area contributed by atoms with E-state index in [0.29, 0.717) is 6.04 Å². The van der Waals surface area contributed by atoms with Gasteiger partial charge in [-0.25, -0.2) is 9.67 Å². The Morgan fingerprint density at radius 2 is 2.35 bits per heavy atom. The van der Waals surface area contributed by atoms with E-state index < -0.39 is 0 Å². The third-order valence-corrected chi connectivity index (χ3v) is 3.44. The molecule has 0 saturated carbocycles. The molecule has 0 aromatic carbocycles. The number of aliphatic hydroxyl groups excluding tert-OH is 1. The second kappa shape index (κ2) is 6.12. The first-order chi connectivity index (χ1) is 8.35. The average molecular weight is 238 g/mol. The van der Waals surface area contributed by atoms with Crippen molar-refractivity contribution in [3.8, 4) is 0 Å². The fraction of sp³-hybridized carbons (Fsp3) is 0.833. The molecule has 1 saturated heterocycles. The second-order valence-corrected chi connectivity index (χ2v) is 4.70. The smallest absolute Gasteiger partial charge is 0.141 e. The van der Waals surface area contributed by atoms with Crippen molar-refractivity contribution in [1.82, 2.24) is 19.7 Å². The standard InChI is InChI=1S/C12H22N4O/c1-2-6-16-12(13-10-14-16)8-15-7-4-3-5-11(15)9-17/h10-11,17H,2-9H2,1H3. The molecular formula is C12H22N4O.